The normalized spacial score (nSPS) is 20.9. The Balaban J connectivity index is 0.00000240. The summed E-state index contributed by atoms with van der Waals surface area (Å²) in [4.78, 5) is 30.1. The van der Waals surface area contributed by atoms with E-state index in [0.29, 0.717) is 38.4 Å². The van der Waals surface area contributed by atoms with Crippen molar-refractivity contribution >= 4 is 41.7 Å². The van der Waals surface area contributed by atoms with Crippen LogP contribution in [0.4, 0.5) is 5.69 Å². The molecule has 154 valence electrons. The van der Waals surface area contributed by atoms with Crippen molar-refractivity contribution in [2.24, 2.45) is 11.7 Å². The molecule has 5 nitrogen and oxygen atoms in total. The minimum Gasteiger partial charge on any atom is -0.342 e. The van der Waals surface area contributed by atoms with Crippen LogP contribution < -0.4 is 10.6 Å². The molecule has 0 aliphatic carbocycles. The summed E-state index contributed by atoms with van der Waals surface area (Å²) in [5.74, 6) is 1.16. The van der Waals surface area contributed by atoms with E-state index >= 15 is 0 Å². The van der Waals surface area contributed by atoms with Gasteiger partial charge in [0, 0.05) is 36.9 Å². The first-order chi connectivity index (χ1) is 13.7. The number of likely N-dealkylation sites (tertiary alicyclic amines) is 1. The predicted octanol–water partition coefficient (Wildman–Crippen LogP) is 3.14. The van der Waals surface area contributed by atoms with Gasteiger partial charge in [-0.3, -0.25) is 9.59 Å². The summed E-state index contributed by atoms with van der Waals surface area (Å²) in [6.45, 7) is 2.38. The summed E-state index contributed by atoms with van der Waals surface area (Å²) in [5, 5.41) is 0. The lowest BCUT2D eigenvalue weighted by Crippen LogP contribution is -2.39. The first-order valence-electron chi connectivity index (χ1n) is 9.72. The molecule has 0 unspecified atom stereocenters. The zero-order chi connectivity index (χ0) is 19.5. The van der Waals surface area contributed by atoms with Crippen molar-refractivity contribution in [3.05, 3.63) is 60.2 Å². The Bertz CT molecular complexity index is 864. The van der Waals surface area contributed by atoms with Gasteiger partial charge >= 0.3 is 0 Å². The van der Waals surface area contributed by atoms with E-state index in [4.69, 9.17) is 5.73 Å². The number of para-hydroxylation sites is 1. The molecule has 2 aromatic carbocycles. The Morgan fingerprint density at radius 3 is 2.55 bits per heavy atom. The molecule has 2 aromatic rings. The summed E-state index contributed by atoms with van der Waals surface area (Å²) in [6.07, 6.45) is 0.337. The molecule has 2 atom stereocenters. The zero-order valence-electron chi connectivity index (χ0n) is 16.2. The van der Waals surface area contributed by atoms with Crippen LogP contribution in [0.25, 0.3) is 0 Å². The molecule has 2 aliphatic rings. The van der Waals surface area contributed by atoms with Gasteiger partial charge in [0.25, 0.3) is 0 Å². The Labute approximate surface area is 182 Å². The smallest absolute Gasteiger partial charge is 0.237 e. The van der Waals surface area contributed by atoms with E-state index < -0.39 is 0 Å². The largest absolute Gasteiger partial charge is 0.342 e. The van der Waals surface area contributed by atoms with Gasteiger partial charge in [0.05, 0.1) is 11.4 Å². The standard InChI is InChI=1S/C22H25N3O2S.ClH/c23-12-17-13-24(14-18(17)16-6-2-1-3-7-16)21(26)10-11-25-19-8-4-5-9-20(19)28-15-22(25)27;/h1-9,17-18H,10-15,23H2;1H/t17-,18+;/m1./s1. The van der Waals surface area contributed by atoms with Gasteiger partial charge in [-0.05, 0) is 30.2 Å². The fraction of sp³-hybridized carbons (Fsp3) is 0.364. The SMILES string of the molecule is Cl.NC[C@@H]1CN(C(=O)CCN2C(=O)CSc3ccccc32)C[C@H]1c1ccccc1. The summed E-state index contributed by atoms with van der Waals surface area (Å²) in [7, 11) is 0. The number of rotatable bonds is 5. The second kappa shape index (κ2) is 9.65. The third-order valence-corrected chi connectivity index (χ3v) is 6.73. The minimum absolute atomic E-state index is 0. The molecular weight excluding hydrogens is 406 g/mol. The van der Waals surface area contributed by atoms with Crippen LogP contribution in [0.1, 0.15) is 17.9 Å². The molecule has 0 radical (unpaired) electrons. The summed E-state index contributed by atoms with van der Waals surface area (Å²) in [5.41, 5.74) is 8.15. The third-order valence-electron chi connectivity index (χ3n) is 5.68. The number of carbonyl (C=O) groups excluding carboxylic acids is 2. The van der Waals surface area contributed by atoms with Crippen LogP contribution in [0, 0.1) is 5.92 Å². The highest BCUT2D eigenvalue weighted by atomic mass is 35.5. The zero-order valence-corrected chi connectivity index (χ0v) is 17.8. The molecule has 2 aliphatic heterocycles. The quantitative estimate of drug-likeness (QED) is 0.789. The first-order valence-corrected chi connectivity index (χ1v) is 10.7. The number of hydrogen-bond donors (Lipinski definition) is 1. The van der Waals surface area contributed by atoms with E-state index in [1.807, 2.05) is 47.4 Å². The average Bonchev–Trinajstić information content (AvgIpc) is 3.18. The van der Waals surface area contributed by atoms with E-state index in [-0.39, 0.29) is 36.1 Å². The second-order valence-electron chi connectivity index (χ2n) is 7.36. The fourth-order valence-corrected chi connectivity index (χ4v) is 5.09. The van der Waals surface area contributed by atoms with E-state index in [1.54, 1.807) is 16.7 Å². The van der Waals surface area contributed by atoms with Crippen molar-refractivity contribution in [3.63, 3.8) is 0 Å². The van der Waals surface area contributed by atoms with E-state index in [9.17, 15) is 9.59 Å². The molecule has 1 fully saturated rings. The number of anilines is 1. The highest BCUT2D eigenvalue weighted by Crippen LogP contribution is 2.35. The lowest BCUT2D eigenvalue weighted by Gasteiger charge is -2.29. The van der Waals surface area contributed by atoms with Crippen molar-refractivity contribution in [1.82, 2.24) is 4.90 Å². The maximum absolute atomic E-state index is 12.9. The maximum Gasteiger partial charge on any atom is 0.237 e. The highest BCUT2D eigenvalue weighted by molar-refractivity contribution is 8.00. The number of nitrogens with zero attached hydrogens (tertiary/aromatic N) is 2. The van der Waals surface area contributed by atoms with Gasteiger partial charge < -0.3 is 15.5 Å². The topological polar surface area (TPSA) is 66.6 Å². The highest BCUT2D eigenvalue weighted by Gasteiger charge is 2.35. The third kappa shape index (κ3) is 4.60. The van der Waals surface area contributed by atoms with Crippen molar-refractivity contribution < 1.29 is 9.59 Å². The number of fused-ring (bicyclic) bond motifs is 1. The van der Waals surface area contributed by atoms with E-state index in [0.717, 1.165) is 10.6 Å². The first kappa shape index (κ1) is 21.7. The molecule has 0 bridgehead atoms. The van der Waals surface area contributed by atoms with Gasteiger partial charge in [-0.2, -0.15) is 0 Å². The summed E-state index contributed by atoms with van der Waals surface area (Å²) >= 11 is 1.56. The summed E-state index contributed by atoms with van der Waals surface area (Å²) in [6, 6.07) is 18.2. The molecule has 7 heteroatoms. The van der Waals surface area contributed by atoms with Gasteiger partial charge in [-0.15, -0.1) is 24.2 Å². The van der Waals surface area contributed by atoms with Crippen LogP contribution in [0.15, 0.2) is 59.5 Å². The molecule has 2 N–H and O–H groups in total. The molecule has 0 spiro atoms. The number of nitrogens with two attached hydrogens (primary N) is 1. The van der Waals surface area contributed by atoms with Crippen LogP contribution in [-0.2, 0) is 9.59 Å². The van der Waals surface area contributed by atoms with Gasteiger partial charge in [0.15, 0.2) is 0 Å². The lowest BCUT2D eigenvalue weighted by molar-refractivity contribution is -0.130. The number of halogens is 1. The van der Waals surface area contributed by atoms with Crippen molar-refractivity contribution in [1.29, 1.82) is 0 Å². The Morgan fingerprint density at radius 2 is 1.79 bits per heavy atom. The van der Waals surface area contributed by atoms with Crippen molar-refractivity contribution in [3.8, 4) is 0 Å². The number of thioether (sulfide) groups is 1. The molecule has 2 heterocycles. The van der Waals surface area contributed by atoms with Gasteiger partial charge in [0.1, 0.15) is 0 Å². The number of hydrogen-bond acceptors (Lipinski definition) is 4. The van der Waals surface area contributed by atoms with Crippen LogP contribution >= 0.6 is 24.2 Å². The average molecular weight is 432 g/mol. The van der Waals surface area contributed by atoms with E-state index in [2.05, 4.69) is 12.1 Å². The molecule has 2 amide bonds. The van der Waals surface area contributed by atoms with E-state index in [1.165, 1.54) is 5.56 Å². The minimum atomic E-state index is 0. The van der Waals surface area contributed by atoms with Crippen LogP contribution in [0.5, 0.6) is 0 Å². The Hall–Kier alpha value is -2.02. The second-order valence-corrected chi connectivity index (χ2v) is 8.38. The van der Waals surface area contributed by atoms with Crippen molar-refractivity contribution in [2.45, 2.75) is 17.2 Å². The van der Waals surface area contributed by atoms with Crippen LogP contribution in [0.3, 0.4) is 0 Å². The van der Waals surface area contributed by atoms with Gasteiger partial charge in [-0.1, -0.05) is 42.5 Å². The van der Waals surface area contributed by atoms with Crippen molar-refractivity contribution in [2.75, 3.05) is 36.8 Å². The Morgan fingerprint density at radius 1 is 1.07 bits per heavy atom. The lowest BCUT2D eigenvalue weighted by atomic mass is 9.89. The van der Waals surface area contributed by atoms with Crippen LogP contribution in [-0.4, -0.2) is 48.6 Å². The Kier molecular flexibility index (Phi) is 7.22. The van der Waals surface area contributed by atoms with Gasteiger partial charge in [-0.25, -0.2) is 0 Å². The molecule has 0 saturated carbocycles. The number of carbonyl (C=O) groups is 2. The molecular formula is C22H26ClN3O2S. The number of amides is 2. The van der Waals surface area contributed by atoms with Crippen LogP contribution in [0.2, 0.25) is 0 Å². The maximum atomic E-state index is 12.9. The molecule has 0 aromatic heterocycles. The fourth-order valence-electron chi connectivity index (χ4n) is 4.16. The predicted molar refractivity (Wildman–Crippen MR) is 120 cm³/mol. The molecule has 29 heavy (non-hydrogen) atoms. The molecule has 4 rings (SSSR count). The van der Waals surface area contributed by atoms with Gasteiger partial charge in [0.2, 0.25) is 11.8 Å². The number of benzene rings is 2. The summed E-state index contributed by atoms with van der Waals surface area (Å²) < 4.78 is 0. The molecule has 1 saturated heterocycles. The monoisotopic (exact) mass is 431 g/mol.